The van der Waals surface area contributed by atoms with E-state index in [0.29, 0.717) is 12.0 Å². The summed E-state index contributed by atoms with van der Waals surface area (Å²) in [6.45, 7) is 12.5. The maximum atomic E-state index is 9.72. The minimum absolute atomic E-state index is 0.0338. The van der Waals surface area contributed by atoms with Crippen LogP contribution < -0.4 is 5.32 Å². The van der Waals surface area contributed by atoms with Crippen LogP contribution in [-0.4, -0.2) is 47.8 Å². The van der Waals surface area contributed by atoms with Crippen molar-refractivity contribution in [2.75, 3.05) is 26.2 Å². The number of aliphatic hydroxyl groups is 1. The van der Waals surface area contributed by atoms with Gasteiger partial charge in [-0.25, -0.2) is 0 Å². The molecule has 1 aliphatic heterocycles. The molecule has 17 heavy (non-hydrogen) atoms. The highest BCUT2D eigenvalue weighted by atomic mass is 16.3. The molecule has 1 aliphatic rings. The predicted molar refractivity (Wildman–Crippen MR) is 73.2 cm³/mol. The molecule has 0 aromatic carbocycles. The van der Waals surface area contributed by atoms with Crippen LogP contribution >= 0.6 is 0 Å². The lowest BCUT2D eigenvalue weighted by molar-refractivity contribution is 0.136. The van der Waals surface area contributed by atoms with Crippen molar-refractivity contribution >= 4 is 0 Å². The summed E-state index contributed by atoms with van der Waals surface area (Å²) in [5.74, 6) is 0.642. The quantitative estimate of drug-likeness (QED) is 0.772. The van der Waals surface area contributed by atoms with E-state index in [2.05, 4.69) is 37.9 Å². The Morgan fingerprint density at radius 2 is 1.88 bits per heavy atom. The Bertz CT molecular complexity index is 218. The Morgan fingerprint density at radius 1 is 1.18 bits per heavy atom. The molecule has 1 unspecified atom stereocenters. The molecule has 2 N–H and O–H groups in total. The second kappa shape index (κ2) is 6.72. The zero-order valence-corrected chi connectivity index (χ0v) is 12.0. The third kappa shape index (κ3) is 4.57. The molecule has 0 aromatic heterocycles. The molecule has 0 bridgehead atoms. The highest BCUT2D eigenvalue weighted by molar-refractivity contribution is 4.91. The van der Waals surface area contributed by atoms with E-state index < -0.39 is 0 Å². The van der Waals surface area contributed by atoms with Crippen LogP contribution in [0, 0.1) is 5.92 Å². The average molecular weight is 242 g/mol. The molecule has 1 atom stereocenters. The van der Waals surface area contributed by atoms with Gasteiger partial charge in [-0.05, 0) is 52.1 Å². The molecule has 1 saturated heterocycles. The van der Waals surface area contributed by atoms with Crippen LogP contribution in [0.1, 0.15) is 47.0 Å². The minimum Gasteiger partial charge on any atom is -0.394 e. The largest absolute Gasteiger partial charge is 0.394 e. The number of likely N-dealkylation sites (tertiary alicyclic amines) is 1. The van der Waals surface area contributed by atoms with E-state index in [1.165, 1.54) is 13.0 Å². The van der Waals surface area contributed by atoms with E-state index in [-0.39, 0.29) is 12.1 Å². The SMILES string of the molecule is CC(C)CNC1(CO)CCCN(C(C)C)CC1. The van der Waals surface area contributed by atoms with Gasteiger partial charge in [-0.15, -0.1) is 0 Å². The van der Waals surface area contributed by atoms with Crippen molar-refractivity contribution in [1.82, 2.24) is 10.2 Å². The first-order chi connectivity index (χ1) is 7.99. The summed E-state index contributed by atoms with van der Waals surface area (Å²) in [4.78, 5) is 2.52. The topological polar surface area (TPSA) is 35.5 Å². The highest BCUT2D eigenvalue weighted by Crippen LogP contribution is 2.23. The van der Waals surface area contributed by atoms with Crippen LogP contribution in [0.25, 0.3) is 0 Å². The maximum Gasteiger partial charge on any atom is 0.0613 e. The third-order valence-electron chi connectivity index (χ3n) is 3.90. The van der Waals surface area contributed by atoms with E-state index in [9.17, 15) is 5.11 Å². The van der Waals surface area contributed by atoms with Crippen LogP contribution in [-0.2, 0) is 0 Å². The van der Waals surface area contributed by atoms with Crippen molar-refractivity contribution < 1.29 is 5.11 Å². The minimum atomic E-state index is -0.0338. The van der Waals surface area contributed by atoms with Crippen molar-refractivity contribution in [3.63, 3.8) is 0 Å². The van der Waals surface area contributed by atoms with Crippen LogP contribution in [0.4, 0.5) is 0 Å². The molecule has 0 aliphatic carbocycles. The van der Waals surface area contributed by atoms with Gasteiger partial charge in [0.2, 0.25) is 0 Å². The van der Waals surface area contributed by atoms with Crippen LogP contribution in [0.5, 0.6) is 0 Å². The molecule has 1 rings (SSSR count). The van der Waals surface area contributed by atoms with E-state index in [1.807, 2.05) is 0 Å². The number of nitrogens with zero attached hydrogens (tertiary/aromatic N) is 1. The van der Waals surface area contributed by atoms with Gasteiger partial charge in [0.1, 0.15) is 0 Å². The summed E-state index contributed by atoms with van der Waals surface area (Å²) in [5.41, 5.74) is -0.0338. The van der Waals surface area contributed by atoms with Crippen molar-refractivity contribution in [3.8, 4) is 0 Å². The zero-order chi connectivity index (χ0) is 12.9. The maximum absolute atomic E-state index is 9.72. The Kier molecular flexibility index (Phi) is 5.90. The fourth-order valence-electron chi connectivity index (χ4n) is 2.54. The Labute approximate surface area is 107 Å². The molecule has 102 valence electrons. The average Bonchev–Trinajstić information content (AvgIpc) is 2.49. The van der Waals surface area contributed by atoms with Gasteiger partial charge >= 0.3 is 0 Å². The van der Waals surface area contributed by atoms with Crippen molar-refractivity contribution in [2.24, 2.45) is 5.92 Å². The monoisotopic (exact) mass is 242 g/mol. The molecule has 0 aromatic rings. The number of nitrogens with one attached hydrogen (secondary N) is 1. The fourth-order valence-corrected chi connectivity index (χ4v) is 2.54. The highest BCUT2D eigenvalue weighted by Gasteiger charge is 2.32. The van der Waals surface area contributed by atoms with E-state index in [1.54, 1.807) is 0 Å². The summed E-state index contributed by atoms with van der Waals surface area (Å²) >= 11 is 0. The molecular formula is C14H30N2O. The van der Waals surface area contributed by atoms with Crippen LogP contribution in [0.15, 0.2) is 0 Å². The number of aliphatic hydroxyl groups excluding tert-OH is 1. The Hall–Kier alpha value is -0.120. The smallest absolute Gasteiger partial charge is 0.0613 e. The lowest BCUT2D eigenvalue weighted by atomic mass is 9.91. The van der Waals surface area contributed by atoms with Gasteiger partial charge in [-0.1, -0.05) is 13.8 Å². The van der Waals surface area contributed by atoms with Crippen molar-refractivity contribution in [3.05, 3.63) is 0 Å². The summed E-state index contributed by atoms with van der Waals surface area (Å²) in [7, 11) is 0. The van der Waals surface area contributed by atoms with Crippen molar-refractivity contribution in [2.45, 2.75) is 58.5 Å². The number of rotatable bonds is 5. The summed E-state index contributed by atoms with van der Waals surface area (Å²) in [6, 6.07) is 0.620. The standard InChI is InChI=1S/C14H30N2O/c1-12(2)10-15-14(11-17)6-5-8-16(9-7-14)13(3)4/h12-13,15,17H,5-11H2,1-4H3. The van der Waals surface area contributed by atoms with Gasteiger partial charge in [0.15, 0.2) is 0 Å². The molecule has 3 nitrogen and oxygen atoms in total. The normalized spacial score (nSPS) is 27.7. The van der Waals surface area contributed by atoms with Gasteiger partial charge in [-0.2, -0.15) is 0 Å². The molecule has 0 spiro atoms. The van der Waals surface area contributed by atoms with E-state index >= 15 is 0 Å². The number of hydrogen-bond donors (Lipinski definition) is 2. The fraction of sp³-hybridized carbons (Fsp3) is 1.00. The van der Waals surface area contributed by atoms with E-state index in [4.69, 9.17) is 0 Å². The van der Waals surface area contributed by atoms with E-state index in [0.717, 1.165) is 25.9 Å². The first kappa shape index (κ1) is 14.9. The van der Waals surface area contributed by atoms with Gasteiger partial charge in [0, 0.05) is 18.1 Å². The first-order valence-electron chi connectivity index (χ1n) is 7.09. The van der Waals surface area contributed by atoms with Gasteiger partial charge in [0.25, 0.3) is 0 Å². The first-order valence-corrected chi connectivity index (χ1v) is 7.09. The molecule has 0 radical (unpaired) electrons. The molecular weight excluding hydrogens is 212 g/mol. The van der Waals surface area contributed by atoms with Crippen molar-refractivity contribution in [1.29, 1.82) is 0 Å². The Morgan fingerprint density at radius 3 is 2.41 bits per heavy atom. The van der Waals surface area contributed by atoms with Crippen LogP contribution in [0.2, 0.25) is 0 Å². The molecule has 1 heterocycles. The number of hydrogen-bond acceptors (Lipinski definition) is 3. The molecule has 0 saturated carbocycles. The summed E-state index contributed by atoms with van der Waals surface area (Å²) in [5, 5.41) is 13.3. The zero-order valence-electron chi connectivity index (χ0n) is 12.0. The molecule has 1 fully saturated rings. The second-order valence-electron chi connectivity index (χ2n) is 6.20. The van der Waals surface area contributed by atoms with Gasteiger partial charge in [0.05, 0.1) is 6.61 Å². The summed E-state index contributed by atoms with van der Waals surface area (Å²) in [6.07, 6.45) is 3.34. The van der Waals surface area contributed by atoms with Crippen LogP contribution in [0.3, 0.4) is 0 Å². The lowest BCUT2D eigenvalue weighted by Gasteiger charge is -2.33. The Balaban J connectivity index is 2.55. The predicted octanol–water partition coefficient (Wildman–Crippen LogP) is 1.86. The molecule has 3 heteroatoms. The molecule has 0 amide bonds. The lowest BCUT2D eigenvalue weighted by Crippen LogP contribution is -2.50. The van der Waals surface area contributed by atoms with Gasteiger partial charge < -0.3 is 15.3 Å². The summed E-state index contributed by atoms with van der Waals surface area (Å²) < 4.78 is 0. The van der Waals surface area contributed by atoms with Gasteiger partial charge in [-0.3, -0.25) is 0 Å². The third-order valence-corrected chi connectivity index (χ3v) is 3.90. The second-order valence-corrected chi connectivity index (χ2v) is 6.20.